The quantitative estimate of drug-likeness (QED) is 0.912. The summed E-state index contributed by atoms with van der Waals surface area (Å²) in [5, 5.41) is 11.8. The van der Waals surface area contributed by atoms with E-state index in [-0.39, 0.29) is 12.0 Å². The average molecular weight is 335 g/mol. The van der Waals surface area contributed by atoms with Crippen LogP contribution in [0.3, 0.4) is 0 Å². The number of carbonyl (C=O) groups excluding carboxylic acids is 1. The number of rotatable bonds is 5. The normalized spacial score (nSPS) is 16.9. The molecule has 25 heavy (non-hydrogen) atoms. The van der Waals surface area contributed by atoms with Crippen molar-refractivity contribution >= 4 is 11.6 Å². The Morgan fingerprint density at radius 1 is 1.24 bits per heavy atom. The van der Waals surface area contributed by atoms with Gasteiger partial charge in [0, 0.05) is 30.9 Å². The molecular weight excluding hydrogens is 314 g/mol. The first-order valence-corrected chi connectivity index (χ1v) is 8.46. The summed E-state index contributed by atoms with van der Waals surface area (Å²) >= 11 is 0. The summed E-state index contributed by atoms with van der Waals surface area (Å²) in [4.78, 5) is 14.5. The fraction of sp³-hybridized carbons (Fsp3) is 0.300. The Morgan fingerprint density at radius 3 is 2.88 bits per heavy atom. The fourth-order valence-corrected chi connectivity index (χ4v) is 2.95. The van der Waals surface area contributed by atoms with Crippen LogP contribution in [0.4, 0.5) is 5.69 Å². The molecular formula is C20H21N3O2. The predicted molar refractivity (Wildman–Crippen MR) is 96.5 cm³/mol. The third-order valence-electron chi connectivity index (χ3n) is 4.27. The number of para-hydroxylation sites is 1. The number of nitriles is 1. The molecule has 5 nitrogen and oxygen atoms in total. The van der Waals surface area contributed by atoms with Gasteiger partial charge in [-0.1, -0.05) is 24.3 Å². The Kier molecular flexibility index (Phi) is 5.65. The zero-order valence-corrected chi connectivity index (χ0v) is 14.0. The third kappa shape index (κ3) is 4.59. The highest BCUT2D eigenvalue weighted by Crippen LogP contribution is 2.18. The number of anilines is 1. The lowest BCUT2D eigenvalue weighted by Gasteiger charge is -2.34. The Balaban J connectivity index is 1.48. The number of hydrogen-bond donors (Lipinski definition) is 1. The van der Waals surface area contributed by atoms with Crippen molar-refractivity contribution in [2.45, 2.75) is 12.5 Å². The van der Waals surface area contributed by atoms with Gasteiger partial charge in [0.25, 0.3) is 5.91 Å². The summed E-state index contributed by atoms with van der Waals surface area (Å²) in [6, 6.07) is 19.1. The standard InChI is InChI=1S/C20H21N3O2/c21-14-16-5-4-6-17(13-16)20(24)22-10-9-19-15-23(11-12-25-19)18-7-2-1-3-8-18/h1-8,13,19H,9-12,15H2,(H,22,24). The molecule has 0 aliphatic carbocycles. The largest absolute Gasteiger partial charge is 0.374 e. The maximum atomic E-state index is 12.2. The number of ether oxygens (including phenoxy) is 1. The van der Waals surface area contributed by atoms with Crippen LogP contribution >= 0.6 is 0 Å². The van der Waals surface area contributed by atoms with Gasteiger partial charge in [-0.15, -0.1) is 0 Å². The molecule has 0 aromatic heterocycles. The van der Waals surface area contributed by atoms with E-state index in [0.717, 1.165) is 19.5 Å². The molecule has 1 aliphatic rings. The van der Waals surface area contributed by atoms with Gasteiger partial charge < -0.3 is 15.0 Å². The van der Waals surface area contributed by atoms with Gasteiger partial charge in [0.05, 0.1) is 24.3 Å². The van der Waals surface area contributed by atoms with Crippen LogP contribution in [0.2, 0.25) is 0 Å². The molecule has 0 spiro atoms. The van der Waals surface area contributed by atoms with Crippen molar-refractivity contribution in [2.75, 3.05) is 31.1 Å². The lowest BCUT2D eigenvalue weighted by Crippen LogP contribution is -2.43. The van der Waals surface area contributed by atoms with Crippen LogP contribution in [0, 0.1) is 11.3 Å². The van der Waals surface area contributed by atoms with Gasteiger partial charge >= 0.3 is 0 Å². The molecule has 0 bridgehead atoms. The van der Waals surface area contributed by atoms with E-state index in [2.05, 4.69) is 22.3 Å². The number of carbonyl (C=O) groups is 1. The summed E-state index contributed by atoms with van der Waals surface area (Å²) in [7, 11) is 0. The van der Waals surface area contributed by atoms with Crippen LogP contribution in [0.15, 0.2) is 54.6 Å². The molecule has 1 aliphatic heterocycles. The minimum atomic E-state index is -0.159. The van der Waals surface area contributed by atoms with Crippen LogP contribution in [0.1, 0.15) is 22.3 Å². The number of nitrogens with zero attached hydrogens (tertiary/aromatic N) is 2. The highest BCUT2D eigenvalue weighted by atomic mass is 16.5. The van der Waals surface area contributed by atoms with Crippen molar-refractivity contribution < 1.29 is 9.53 Å². The van der Waals surface area contributed by atoms with Gasteiger partial charge in [0.1, 0.15) is 0 Å². The number of nitrogens with one attached hydrogen (secondary N) is 1. The molecule has 1 heterocycles. The van der Waals surface area contributed by atoms with Crippen molar-refractivity contribution in [2.24, 2.45) is 0 Å². The van der Waals surface area contributed by atoms with Gasteiger partial charge in [-0.2, -0.15) is 5.26 Å². The lowest BCUT2D eigenvalue weighted by molar-refractivity contribution is 0.0354. The summed E-state index contributed by atoms with van der Waals surface area (Å²) in [6.07, 6.45) is 0.854. The Hall–Kier alpha value is -2.84. The molecule has 1 amide bonds. The second-order valence-electron chi connectivity index (χ2n) is 6.01. The molecule has 0 saturated carbocycles. The molecule has 2 aromatic rings. The third-order valence-corrected chi connectivity index (χ3v) is 4.27. The van der Waals surface area contributed by atoms with Gasteiger partial charge in [0.15, 0.2) is 0 Å². The molecule has 1 N–H and O–H groups in total. The molecule has 1 atom stereocenters. The van der Waals surface area contributed by atoms with Crippen molar-refractivity contribution in [3.8, 4) is 6.07 Å². The van der Waals surface area contributed by atoms with Crippen LogP contribution in [0.5, 0.6) is 0 Å². The highest BCUT2D eigenvalue weighted by molar-refractivity contribution is 5.94. The van der Waals surface area contributed by atoms with E-state index in [9.17, 15) is 4.79 Å². The van der Waals surface area contributed by atoms with Crippen LogP contribution in [0.25, 0.3) is 0 Å². The first-order valence-electron chi connectivity index (χ1n) is 8.46. The van der Waals surface area contributed by atoms with E-state index in [0.29, 0.717) is 24.3 Å². The minimum Gasteiger partial charge on any atom is -0.374 e. The smallest absolute Gasteiger partial charge is 0.251 e. The van der Waals surface area contributed by atoms with Crippen molar-refractivity contribution in [3.05, 3.63) is 65.7 Å². The average Bonchev–Trinajstić information content (AvgIpc) is 2.69. The van der Waals surface area contributed by atoms with E-state index < -0.39 is 0 Å². The summed E-state index contributed by atoms with van der Waals surface area (Å²) in [5.74, 6) is -0.159. The summed E-state index contributed by atoms with van der Waals surface area (Å²) < 4.78 is 5.82. The van der Waals surface area contributed by atoms with E-state index in [1.54, 1.807) is 24.3 Å². The second kappa shape index (κ2) is 8.32. The molecule has 128 valence electrons. The van der Waals surface area contributed by atoms with E-state index in [4.69, 9.17) is 10.00 Å². The summed E-state index contributed by atoms with van der Waals surface area (Å²) in [5.41, 5.74) is 2.20. The topological polar surface area (TPSA) is 65.4 Å². The first kappa shape index (κ1) is 17.0. The zero-order chi connectivity index (χ0) is 17.5. The van der Waals surface area contributed by atoms with Gasteiger partial charge in [-0.3, -0.25) is 4.79 Å². The number of benzene rings is 2. The monoisotopic (exact) mass is 335 g/mol. The van der Waals surface area contributed by atoms with Crippen LogP contribution < -0.4 is 10.2 Å². The van der Waals surface area contributed by atoms with E-state index in [1.165, 1.54) is 5.69 Å². The lowest BCUT2D eigenvalue weighted by atomic mass is 10.1. The fourth-order valence-electron chi connectivity index (χ4n) is 2.95. The minimum absolute atomic E-state index is 0.0969. The predicted octanol–water partition coefficient (Wildman–Crippen LogP) is 2.58. The van der Waals surface area contributed by atoms with Crippen molar-refractivity contribution in [1.29, 1.82) is 5.26 Å². The van der Waals surface area contributed by atoms with Crippen molar-refractivity contribution in [3.63, 3.8) is 0 Å². The molecule has 3 rings (SSSR count). The summed E-state index contributed by atoms with van der Waals surface area (Å²) in [6.45, 7) is 2.94. The maximum Gasteiger partial charge on any atom is 0.251 e. The number of hydrogen-bond acceptors (Lipinski definition) is 4. The molecule has 5 heteroatoms. The first-order chi connectivity index (χ1) is 12.3. The molecule has 1 saturated heterocycles. The van der Waals surface area contributed by atoms with Gasteiger partial charge in [0.2, 0.25) is 0 Å². The number of amides is 1. The Bertz CT molecular complexity index is 755. The van der Waals surface area contributed by atoms with E-state index >= 15 is 0 Å². The Morgan fingerprint density at radius 2 is 2.08 bits per heavy atom. The zero-order valence-electron chi connectivity index (χ0n) is 14.0. The molecule has 0 radical (unpaired) electrons. The van der Waals surface area contributed by atoms with E-state index in [1.807, 2.05) is 24.3 Å². The van der Waals surface area contributed by atoms with Crippen LogP contribution in [-0.4, -0.2) is 38.3 Å². The second-order valence-corrected chi connectivity index (χ2v) is 6.01. The van der Waals surface area contributed by atoms with Crippen LogP contribution in [-0.2, 0) is 4.74 Å². The molecule has 1 unspecified atom stereocenters. The SMILES string of the molecule is N#Cc1cccc(C(=O)NCCC2CN(c3ccccc3)CCO2)c1. The number of morpholine rings is 1. The molecule has 2 aromatic carbocycles. The Labute approximate surface area is 147 Å². The van der Waals surface area contributed by atoms with Gasteiger partial charge in [-0.05, 0) is 36.8 Å². The maximum absolute atomic E-state index is 12.2. The highest BCUT2D eigenvalue weighted by Gasteiger charge is 2.20. The molecule has 1 fully saturated rings. The van der Waals surface area contributed by atoms with Gasteiger partial charge in [-0.25, -0.2) is 0 Å². The van der Waals surface area contributed by atoms with Crippen molar-refractivity contribution in [1.82, 2.24) is 5.32 Å².